The number of carbonyl (C=O) groups is 1. The van der Waals surface area contributed by atoms with Gasteiger partial charge in [0.1, 0.15) is 5.69 Å². The number of piperidine rings is 1. The molecule has 2 N–H and O–H groups in total. The number of carbonyl (C=O) groups excluding carboxylic acids is 1. The molecule has 0 aliphatic carbocycles. The lowest BCUT2D eigenvalue weighted by Crippen LogP contribution is -2.33. The Labute approximate surface area is 160 Å². The van der Waals surface area contributed by atoms with E-state index in [9.17, 15) is 4.79 Å². The lowest BCUT2D eigenvalue weighted by Gasteiger charge is -2.22. The van der Waals surface area contributed by atoms with Gasteiger partial charge in [-0.05, 0) is 69.5 Å². The summed E-state index contributed by atoms with van der Waals surface area (Å²) in [7, 11) is 0. The van der Waals surface area contributed by atoms with E-state index in [2.05, 4.69) is 15.6 Å². The zero-order valence-corrected chi connectivity index (χ0v) is 15.9. The summed E-state index contributed by atoms with van der Waals surface area (Å²) < 4.78 is 5.34. The van der Waals surface area contributed by atoms with E-state index in [4.69, 9.17) is 4.42 Å². The fraction of sp³-hybridized carbons (Fsp3) is 0.444. The van der Waals surface area contributed by atoms with E-state index in [1.54, 1.807) is 6.26 Å². The molecule has 1 aliphatic rings. The molecule has 138 valence electrons. The number of rotatable bonds is 5. The summed E-state index contributed by atoms with van der Waals surface area (Å²) in [4.78, 5) is 16.8. The summed E-state index contributed by atoms with van der Waals surface area (Å²) in [5.74, 6) is 1.33. The predicted octanol–water partition coefficient (Wildman–Crippen LogP) is 3.61. The number of pyridine rings is 1. The van der Waals surface area contributed by atoms with E-state index in [1.165, 1.54) is 12.8 Å². The first kappa shape index (κ1) is 21.5. The molecule has 0 spiro atoms. The van der Waals surface area contributed by atoms with Crippen molar-refractivity contribution in [2.75, 3.05) is 19.6 Å². The highest BCUT2D eigenvalue weighted by atomic mass is 35.5. The molecule has 0 aromatic carbocycles. The minimum atomic E-state index is -0.0511. The maximum atomic E-state index is 12.3. The van der Waals surface area contributed by atoms with Crippen LogP contribution in [0.3, 0.4) is 0 Å². The number of aromatic nitrogens is 1. The molecule has 1 unspecified atom stereocenters. The standard InChI is InChI=1S/C18H23N3O2.2ClH/c1-13-15(6-7-16(21-13)17-5-3-11-23-17)18(22)20-10-8-14-4-2-9-19-12-14;;/h3,5-7,11,14,19H,2,4,8-10,12H2,1H3,(H,20,22);2*1H. The van der Waals surface area contributed by atoms with Crippen LogP contribution in [0.15, 0.2) is 34.9 Å². The van der Waals surface area contributed by atoms with Crippen molar-refractivity contribution in [3.8, 4) is 11.5 Å². The van der Waals surface area contributed by atoms with E-state index in [0.717, 1.165) is 30.9 Å². The monoisotopic (exact) mass is 385 g/mol. The predicted molar refractivity (Wildman–Crippen MR) is 104 cm³/mol. The Morgan fingerprint density at radius 3 is 2.84 bits per heavy atom. The van der Waals surface area contributed by atoms with E-state index in [1.807, 2.05) is 31.2 Å². The Bertz CT molecular complexity index is 656. The second-order valence-electron chi connectivity index (χ2n) is 6.06. The van der Waals surface area contributed by atoms with Gasteiger partial charge in [-0.3, -0.25) is 4.79 Å². The van der Waals surface area contributed by atoms with Crippen molar-refractivity contribution < 1.29 is 9.21 Å². The van der Waals surface area contributed by atoms with E-state index in [0.29, 0.717) is 23.8 Å². The lowest BCUT2D eigenvalue weighted by atomic mass is 9.96. The zero-order chi connectivity index (χ0) is 16.1. The lowest BCUT2D eigenvalue weighted by molar-refractivity contribution is 0.0949. The Morgan fingerprint density at radius 1 is 1.36 bits per heavy atom. The van der Waals surface area contributed by atoms with Crippen LogP contribution in [0.4, 0.5) is 0 Å². The van der Waals surface area contributed by atoms with Crippen molar-refractivity contribution in [3.05, 3.63) is 41.8 Å². The van der Waals surface area contributed by atoms with Crippen LogP contribution in [-0.2, 0) is 0 Å². The van der Waals surface area contributed by atoms with Crippen molar-refractivity contribution >= 4 is 30.7 Å². The largest absolute Gasteiger partial charge is 0.463 e. The molecular weight excluding hydrogens is 361 g/mol. The van der Waals surface area contributed by atoms with Crippen molar-refractivity contribution in [1.29, 1.82) is 0 Å². The minimum Gasteiger partial charge on any atom is -0.463 e. The van der Waals surface area contributed by atoms with Crippen molar-refractivity contribution in [1.82, 2.24) is 15.6 Å². The molecule has 0 saturated carbocycles. The fourth-order valence-electron chi connectivity index (χ4n) is 3.02. The molecule has 3 rings (SSSR count). The van der Waals surface area contributed by atoms with Crippen LogP contribution in [0.5, 0.6) is 0 Å². The van der Waals surface area contributed by atoms with Gasteiger partial charge in [0.05, 0.1) is 17.5 Å². The number of amides is 1. The quantitative estimate of drug-likeness (QED) is 0.824. The van der Waals surface area contributed by atoms with Gasteiger partial charge in [-0.15, -0.1) is 24.8 Å². The van der Waals surface area contributed by atoms with Crippen molar-refractivity contribution in [3.63, 3.8) is 0 Å². The molecular formula is C18H25Cl2N3O2. The van der Waals surface area contributed by atoms with Crippen LogP contribution >= 0.6 is 24.8 Å². The average molecular weight is 386 g/mol. The van der Waals surface area contributed by atoms with Crippen LogP contribution in [0.25, 0.3) is 11.5 Å². The summed E-state index contributed by atoms with van der Waals surface area (Å²) in [6.07, 6.45) is 5.12. The number of hydrogen-bond acceptors (Lipinski definition) is 4. The average Bonchev–Trinajstić information content (AvgIpc) is 3.10. The first-order valence-electron chi connectivity index (χ1n) is 8.24. The second kappa shape index (κ2) is 10.4. The van der Waals surface area contributed by atoms with Crippen LogP contribution in [0.1, 0.15) is 35.3 Å². The van der Waals surface area contributed by atoms with Crippen LogP contribution in [-0.4, -0.2) is 30.5 Å². The number of nitrogens with one attached hydrogen (secondary N) is 2. The molecule has 25 heavy (non-hydrogen) atoms. The molecule has 2 aromatic rings. The maximum Gasteiger partial charge on any atom is 0.253 e. The molecule has 2 aromatic heterocycles. The summed E-state index contributed by atoms with van der Waals surface area (Å²) >= 11 is 0. The van der Waals surface area contributed by atoms with Gasteiger partial charge in [-0.25, -0.2) is 4.98 Å². The molecule has 1 amide bonds. The number of nitrogens with zero attached hydrogens (tertiary/aromatic N) is 1. The molecule has 5 nitrogen and oxygen atoms in total. The number of halogens is 2. The van der Waals surface area contributed by atoms with Gasteiger partial charge in [0.2, 0.25) is 0 Å². The highest BCUT2D eigenvalue weighted by Gasteiger charge is 2.15. The summed E-state index contributed by atoms with van der Waals surface area (Å²) in [5.41, 5.74) is 2.09. The molecule has 0 bridgehead atoms. The Kier molecular flexibility index (Phi) is 8.97. The Hall–Kier alpha value is -1.56. The third-order valence-electron chi connectivity index (χ3n) is 4.34. The van der Waals surface area contributed by atoms with Gasteiger partial charge in [0, 0.05) is 6.54 Å². The summed E-state index contributed by atoms with van der Waals surface area (Å²) in [5, 5.41) is 6.41. The first-order chi connectivity index (χ1) is 11.2. The topological polar surface area (TPSA) is 67.2 Å². The Morgan fingerprint density at radius 2 is 2.20 bits per heavy atom. The number of hydrogen-bond donors (Lipinski definition) is 2. The maximum absolute atomic E-state index is 12.3. The van der Waals surface area contributed by atoms with Crippen molar-refractivity contribution in [2.24, 2.45) is 5.92 Å². The van der Waals surface area contributed by atoms with Crippen LogP contribution in [0.2, 0.25) is 0 Å². The first-order valence-corrected chi connectivity index (χ1v) is 8.24. The smallest absolute Gasteiger partial charge is 0.253 e. The highest BCUT2D eigenvalue weighted by Crippen LogP contribution is 2.19. The normalized spacial score (nSPS) is 16.4. The van der Waals surface area contributed by atoms with E-state index < -0.39 is 0 Å². The number of furan rings is 1. The highest BCUT2D eigenvalue weighted by molar-refractivity contribution is 5.95. The van der Waals surface area contributed by atoms with Crippen molar-refractivity contribution in [2.45, 2.75) is 26.2 Å². The minimum absolute atomic E-state index is 0. The molecule has 7 heteroatoms. The molecule has 1 atom stereocenters. The van der Waals surface area contributed by atoms with Gasteiger partial charge in [0.15, 0.2) is 5.76 Å². The molecule has 1 aliphatic heterocycles. The van der Waals surface area contributed by atoms with Gasteiger partial charge in [-0.1, -0.05) is 0 Å². The molecule has 3 heterocycles. The van der Waals surface area contributed by atoms with Crippen LogP contribution in [0, 0.1) is 12.8 Å². The molecule has 1 fully saturated rings. The fourth-order valence-corrected chi connectivity index (χ4v) is 3.02. The van der Waals surface area contributed by atoms with Crippen LogP contribution < -0.4 is 10.6 Å². The SMILES string of the molecule is Cc1nc(-c2ccco2)ccc1C(=O)NCCC1CCCNC1.Cl.Cl. The van der Waals surface area contributed by atoms with Gasteiger partial charge >= 0.3 is 0 Å². The second-order valence-corrected chi connectivity index (χ2v) is 6.06. The Balaban J connectivity index is 0.00000156. The van der Waals surface area contributed by atoms with E-state index >= 15 is 0 Å². The summed E-state index contributed by atoms with van der Waals surface area (Å²) in [6.45, 7) is 4.75. The molecule has 1 saturated heterocycles. The molecule has 0 radical (unpaired) electrons. The zero-order valence-electron chi connectivity index (χ0n) is 14.3. The third kappa shape index (κ3) is 5.73. The van der Waals surface area contributed by atoms with Gasteiger partial charge in [-0.2, -0.15) is 0 Å². The van der Waals surface area contributed by atoms with Gasteiger partial charge in [0.25, 0.3) is 5.91 Å². The third-order valence-corrected chi connectivity index (χ3v) is 4.34. The van der Waals surface area contributed by atoms with E-state index in [-0.39, 0.29) is 30.7 Å². The van der Waals surface area contributed by atoms with Gasteiger partial charge < -0.3 is 15.1 Å². The summed E-state index contributed by atoms with van der Waals surface area (Å²) in [6, 6.07) is 7.33. The number of aryl methyl sites for hydroxylation is 1.